The number of benzene rings is 1. The molecule has 0 aliphatic heterocycles. The molecule has 0 radical (unpaired) electrons. The third-order valence-corrected chi connectivity index (χ3v) is 1.25. The number of nitrogens with two attached hydrogens (primary N) is 1. The zero-order valence-corrected chi connectivity index (χ0v) is 5.73. The maximum atomic E-state index is 9.14. The standard InChI is InChI=1S/C7H8N2O2/c8-6-2-1-5(4-9-11)7(10)3-6/h1-4,10-11H,8H2/b9-4+. The molecule has 0 heterocycles. The van der Waals surface area contributed by atoms with Gasteiger partial charge in [0.1, 0.15) is 5.75 Å². The van der Waals surface area contributed by atoms with Crippen molar-refractivity contribution in [3.05, 3.63) is 23.8 Å². The Hall–Kier alpha value is -1.71. The number of aromatic hydroxyl groups is 1. The molecule has 4 nitrogen and oxygen atoms in total. The van der Waals surface area contributed by atoms with Crippen molar-refractivity contribution in [3.63, 3.8) is 0 Å². The van der Waals surface area contributed by atoms with E-state index in [1.807, 2.05) is 0 Å². The van der Waals surface area contributed by atoms with Crippen molar-refractivity contribution in [2.24, 2.45) is 5.16 Å². The lowest BCUT2D eigenvalue weighted by atomic mass is 10.2. The van der Waals surface area contributed by atoms with E-state index in [1.54, 1.807) is 12.1 Å². The van der Waals surface area contributed by atoms with E-state index in [1.165, 1.54) is 6.07 Å². The highest BCUT2D eigenvalue weighted by molar-refractivity contribution is 5.83. The second-order valence-corrected chi connectivity index (χ2v) is 2.06. The molecule has 1 aromatic carbocycles. The fraction of sp³-hybridized carbons (Fsp3) is 0. The van der Waals surface area contributed by atoms with E-state index in [9.17, 15) is 0 Å². The van der Waals surface area contributed by atoms with Crippen molar-refractivity contribution in [2.45, 2.75) is 0 Å². The van der Waals surface area contributed by atoms with Crippen LogP contribution in [-0.4, -0.2) is 16.5 Å². The Morgan fingerprint density at radius 3 is 2.73 bits per heavy atom. The molecule has 0 saturated carbocycles. The van der Waals surface area contributed by atoms with Crippen molar-refractivity contribution in [3.8, 4) is 5.75 Å². The maximum absolute atomic E-state index is 9.14. The van der Waals surface area contributed by atoms with Crippen molar-refractivity contribution in [2.75, 3.05) is 5.73 Å². The van der Waals surface area contributed by atoms with Gasteiger partial charge in [-0.3, -0.25) is 0 Å². The normalized spacial score (nSPS) is 10.5. The SMILES string of the molecule is Nc1ccc(/C=N/O)c(O)c1. The van der Waals surface area contributed by atoms with E-state index in [0.717, 1.165) is 6.21 Å². The quantitative estimate of drug-likeness (QED) is 0.241. The summed E-state index contributed by atoms with van der Waals surface area (Å²) in [6, 6.07) is 4.55. The minimum atomic E-state index is 0.00259. The number of hydrogen-bond donors (Lipinski definition) is 3. The van der Waals surface area contributed by atoms with Crippen LogP contribution in [0.4, 0.5) is 5.69 Å². The number of anilines is 1. The number of nitrogen functional groups attached to an aromatic ring is 1. The van der Waals surface area contributed by atoms with Crippen LogP contribution in [-0.2, 0) is 0 Å². The van der Waals surface area contributed by atoms with Crippen LogP contribution in [0, 0.1) is 0 Å². The summed E-state index contributed by atoms with van der Waals surface area (Å²) < 4.78 is 0. The summed E-state index contributed by atoms with van der Waals surface area (Å²) in [6.45, 7) is 0. The van der Waals surface area contributed by atoms with Crippen LogP contribution in [0.5, 0.6) is 5.75 Å². The van der Waals surface area contributed by atoms with Crippen LogP contribution in [0.25, 0.3) is 0 Å². The van der Waals surface area contributed by atoms with Crippen LogP contribution in [0.3, 0.4) is 0 Å². The zero-order chi connectivity index (χ0) is 8.27. The molecule has 0 aliphatic carbocycles. The molecule has 4 N–H and O–H groups in total. The minimum absolute atomic E-state index is 0.00259. The van der Waals surface area contributed by atoms with Crippen LogP contribution in [0.15, 0.2) is 23.4 Å². The second kappa shape index (κ2) is 2.92. The molecule has 0 unspecified atom stereocenters. The van der Waals surface area contributed by atoms with E-state index in [-0.39, 0.29) is 5.75 Å². The van der Waals surface area contributed by atoms with Gasteiger partial charge in [-0.2, -0.15) is 0 Å². The Bertz CT molecular complexity index is 284. The van der Waals surface area contributed by atoms with E-state index in [0.29, 0.717) is 11.3 Å². The molecular weight excluding hydrogens is 144 g/mol. The summed E-state index contributed by atoms with van der Waals surface area (Å²) in [4.78, 5) is 0. The lowest BCUT2D eigenvalue weighted by molar-refractivity contribution is 0.321. The van der Waals surface area contributed by atoms with Gasteiger partial charge >= 0.3 is 0 Å². The molecule has 58 valence electrons. The molecule has 4 heteroatoms. The predicted octanol–water partition coefficient (Wildman–Crippen LogP) is 0.782. The molecule has 0 aromatic heterocycles. The number of nitrogens with zero attached hydrogens (tertiary/aromatic N) is 1. The third-order valence-electron chi connectivity index (χ3n) is 1.25. The highest BCUT2D eigenvalue weighted by Crippen LogP contribution is 2.17. The summed E-state index contributed by atoms with van der Waals surface area (Å²) in [7, 11) is 0. The van der Waals surface area contributed by atoms with E-state index >= 15 is 0 Å². The fourth-order valence-corrected chi connectivity index (χ4v) is 0.732. The van der Waals surface area contributed by atoms with Gasteiger partial charge in [-0.15, -0.1) is 0 Å². The van der Waals surface area contributed by atoms with Crippen LogP contribution >= 0.6 is 0 Å². The monoisotopic (exact) mass is 152 g/mol. The number of oxime groups is 1. The Morgan fingerprint density at radius 1 is 1.45 bits per heavy atom. The number of hydrogen-bond acceptors (Lipinski definition) is 4. The van der Waals surface area contributed by atoms with Gasteiger partial charge in [0.25, 0.3) is 0 Å². The lowest BCUT2D eigenvalue weighted by Gasteiger charge is -1.97. The summed E-state index contributed by atoms with van der Waals surface area (Å²) >= 11 is 0. The molecule has 11 heavy (non-hydrogen) atoms. The van der Waals surface area contributed by atoms with E-state index in [4.69, 9.17) is 16.0 Å². The van der Waals surface area contributed by atoms with Gasteiger partial charge in [0, 0.05) is 17.3 Å². The van der Waals surface area contributed by atoms with E-state index < -0.39 is 0 Å². The number of phenolic OH excluding ortho intramolecular Hbond substituents is 1. The third kappa shape index (κ3) is 1.61. The molecule has 0 saturated heterocycles. The van der Waals surface area contributed by atoms with Crippen LogP contribution in [0.2, 0.25) is 0 Å². The number of phenols is 1. The molecule has 0 fully saturated rings. The topological polar surface area (TPSA) is 78.8 Å². The smallest absolute Gasteiger partial charge is 0.126 e. The second-order valence-electron chi connectivity index (χ2n) is 2.06. The number of rotatable bonds is 1. The predicted molar refractivity (Wildman–Crippen MR) is 41.9 cm³/mol. The largest absolute Gasteiger partial charge is 0.507 e. The molecule has 0 spiro atoms. The van der Waals surface area contributed by atoms with Crippen LogP contribution in [0.1, 0.15) is 5.56 Å². The zero-order valence-electron chi connectivity index (χ0n) is 5.73. The van der Waals surface area contributed by atoms with E-state index in [2.05, 4.69) is 5.16 Å². The first-order valence-electron chi connectivity index (χ1n) is 3.00. The van der Waals surface area contributed by atoms with Crippen molar-refractivity contribution in [1.82, 2.24) is 0 Å². The Labute approximate surface area is 63.6 Å². The summed E-state index contributed by atoms with van der Waals surface area (Å²) in [5.74, 6) is 0.00259. The van der Waals surface area contributed by atoms with Crippen LogP contribution < -0.4 is 5.73 Å². The van der Waals surface area contributed by atoms with Crippen molar-refractivity contribution < 1.29 is 10.3 Å². The highest BCUT2D eigenvalue weighted by atomic mass is 16.4. The molecule has 0 aliphatic rings. The summed E-state index contributed by atoms with van der Waals surface area (Å²) in [5, 5.41) is 20.1. The van der Waals surface area contributed by atoms with Gasteiger partial charge in [-0.25, -0.2) is 0 Å². The fourth-order valence-electron chi connectivity index (χ4n) is 0.732. The minimum Gasteiger partial charge on any atom is -0.507 e. The Balaban J connectivity index is 3.09. The first kappa shape index (κ1) is 7.40. The Morgan fingerprint density at radius 2 is 2.18 bits per heavy atom. The average molecular weight is 152 g/mol. The van der Waals surface area contributed by atoms with Gasteiger partial charge < -0.3 is 16.0 Å². The summed E-state index contributed by atoms with van der Waals surface area (Å²) in [5.41, 5.74) is 6.26. The first-order chi connectivity index (χ1) is 5.24. The van der Waals surface area contributed by atoms with Gasteiger partial charge in [0.2, 0.25) is 0 Å². The van der Waals surface area contributed by atoms with Crippen molar-refractivity contribution in [1.29, 1.82) is 0 Å². The summed E-state index contributed by atoms with van der Waals surface area (Å²) in [6.07, 6.45) is 1.13. The van der Waals surface area contributed by atoms with Gasteiger partial charge in [-0.05, 0) is 12.1 Å². The average Bonchev–Trinajstić information content (AvgIpc) is 1.95. The first-order valence-corrected chi connectivity index (χ1v) is 3.00. The van der Waals surface area contributed by atoms with Gasteiger partial charge in [0.15, 0.2) is 0 Å². The lowest BCUT2D eigenvalue weighted by Crippen LogP contribution is -1.87. The van der Waals surface area contributed by atoms with Crippen molar-refractivity contribution >= 4 is 11.9 Å². The molecular formula is C7H8N2O2. The van der Waals surface area contributed by atoms with Gasteiger partial charge in [-0.1, -0.05) is 5.16 Å². The van der Waals surface area contributed by atoms with Gasteiger partial charge in [0.05, 0.1) is 6.21 Å². The molecule has 1 aromatic rings. The molecule has 1 rings (SSSR count). The Kier molecular flexibility index (Phi) is 1.96. The molecule has 0 bridgehead atoms. The maximum Gasteiger partial charge on any atom is 0.126 e. The highest BCUT2D eigenvalue weighted by Gasteiger charge is 1.96. The molecule has 0 amide bonds. The molecule has 0 atom stereocenters.